The summed E-state index contributed by atoms with van der Waals surface area (Å²) in [6, 6.07) is -0.655. The fourth-order valence-electron chi connectivity index (χ4n) is 2.13. The van der Waals surface area contributed by atoms with E-state index in [-0.39, 0.29) is 6.10 Å². The van der Waals surface area contributed by atoms with Gasteiger partial charge in [0.25, 0.3) is 0 Å². The Balaban J connectivity index is 2.72. The van der Waals surface area contributed by atoms with Gasteiger partial charge in [-0.2, -0.15) is 0 Å². The Labute approximate surface area is 108 Å². The molecule has 1 amide bonds. The van der Waals surface area contributed by atoms with Crippen molar-refractivity contribution < 1.29 is 19.1 Å². The summed E-state index contributed by atoms with van der Waals surface area (Å²) >= 11 is 0. The highest BCUT2D eigenvalue weighted by Gasteiger charge is 2.51. The van der Waals surface area contributed by atoms with E-state index in [1.807, 2.05) is 20.8 Å². The van der Waals surface area contributed by atoms with Crippen LogP contribution in [-0.2, 0) is 14.3 Å². The van der Waals surface area contributed by atoms with Gasteiger partial charge in [0.2, 0.25) is 0 Å². The maximum atomic E-state index is 11.8. The molecule has 0 aliphatic carbocycles. The molecule has 1 N–H and O–H groups in total. The van der Waals surface area contributed by atoms with Crippen LogP contribution in [0.2, 0.25) is 0 Å². The summed E-state index contributed by atoms with van der Waals surface area (Å²) in [6.07, 6.45) is -0.0372. The number of hydrogen-bond acceptors (Lipinski definition) is 4. The van der Waals surface area contributed by atoms with Gasteiger partial charge >= 0.3 is 12.1 Å². The SMILES string of the molecule is CCC1OC(=O)C(NC(=O)OC(C)(C)C)C1(C)C. The van der Waals surface area contributed by atoms with Crippen LogP contribution in [-0.4, -0.2) is 29.8 Å². The van der Waals surface area contributed by atoms with E-state index in [9.17, 15) is 9.59 Å². The van der Waals surface area contributed by atoms with E-state index in [0.29, 0.717) is 0 Å². The number of esters is 1. The van der Waals surface area contributed by atoms with Crippen LogP contribution >= 0.6 is 0 Å². The minimum absolute atomic E-state index is 0.176. The third-order valence-corrected chi connectivity index (χ3v) is 3.10. The first-order valence-corrected chi connectivity index (χ1v) is 6.28. The number of carbonyl (C=O) groups excluding carboxylic acids is 2. The summed E-state index contributed by atoms with van der Waals surface area (Å²) in [5.74, 6) is -0.391. The zero-order chi connectivity index (χ0) is 14.1. The number of amides is 1. The third kappa shape index (κ3) is 3.15. The maximum Gasteiger partial charge on any atom is 0.408 e. The van der Waals surface area contributed by atoms with Crippen LogP contribution in [0.1, 0.15) is 48.0 Å². The Morgan fingerprint density at radius 2 is 2.00 bits per heavy atom. The van der Waals surface area contributed by atoms with Crippen molar-refractivity contribution in [3.8, 4) is 0 Å². The largest absolute Gasteiger partial charge is 0.460 e. The van der Waals surface area contributed by atoms with Gasteiger partial charge in [0.15, 0.2) is 0 Å². The quantitative estimate of drug-likeness (QED) is 0.770. The minimum atomic E-state index is -0.655. The number of hydrogen-bond donors (Lipinski definition) is 1. The Morgan fingerprint density at radius 3 is 2.39 bits per heavy atom. The molecule has 0 bridgehead atoms. The summed E-state index contributed by atoms with van der Waals surface area (Å²) in [6.45, 7) is 11.1. The molecule has 0 aromatic rings. The van der Waals surface area contributed by atoms with E-state index in [0.717, 1.165) is 6.42 Å². The minimum Gasteiger partial charge on any atom is -0.460 e. The molecule has 2 unspecified atom stereocenters. The smallest absolute Gasteiger partial charge is 0.408 e. The highest BCUT2D eigenvalue weighted by molar-refractivity contribution is 5.84. The zero-order valence-electron chi connectivity index (χ0n) is 12.0. The lowest BCUT2D eigenvalue weighted by Crippen LogP contribution is -2.49. The molecule has 1 heterocycles. The second-order valence-corrected chi connectivity index (χ2v) is 6.23. The van der Waals surface area contributed by atoms with Gasteiger partial charge < -0.3 is 14.8 Å². The first kappa shape index (κ1) is 14.8. The summed E-state index contributed by atoms with van der Waals surface area (Å²) in [7, 11) is 0. The van der Waals surface area contributed by atoms with E-state index >= 15 is 0 Å². The van der Waals surface area contributed by atoms with E-state index in [4.69, 9.17) is 9.47 Å². The average Bonchev–Trinajstić information content (AvgIpc) is 2.38. The van der Waals surface area contributed by atoms with Crippen LogP contribution < -0.4 is 5.32 Å². The number of alkyl carbamates (subject to hydrolysis) is 1. The average molecular weight is 257 g/mol. The second kappa shape index (κ2) is 4.78. The van der Waals surface area contributed by atoms with Crippen molar-refractivity contribution in [3.05, 3.63) is 0 Å². The van der Waals surface area contributed by atoms with Crippen molar-refractivity contribution in [2.45, 2.75) is 65.7 Å². The van der Waals surface area contributed by atoms with Gasteiger partial charge in [-0.05, 0) is 27.2 Å². The van der Waals surface area contributed by atoms with Crippen LogP contribution in [0.4, 0.5) is 4.79 Å². The molecule has 1 fully saturated rings. The van der Waals surface area contributed by atoms with Crippen LogP contribution in [0, 0.1) is 5.41 Å². The molecule has 0 saturated carbocycles. The molecular weight excluding hydrogens is 234 g/mol. The van der Waals surface area contributed by atoms with Gasteiger partial charge in [0, 0.05) is 5.41 Å². The molecule has 0 spiro atoms. The summed E-state index contributed by atoms with van der Waals surface area (Å²) in [4.78, 5) is 23.5. The summed E-state index contributed by atoms with van der Waals surface area (Å²) in [5, 5.41) is 2.60. The van der Waals surface area contributed by atoms with E-state index in [1.54, 1.807) is 20.8 Å². The van der Waals surface area contributed by atoms with Crippen LogP contribution in [0.3, 0.4) is 0 Å². The molecule has 0 aromatic heterocycles. The lowest BCUT2D eigenvalue weighted by molar-refractivity contribution is -0.143. The molecule has 2 atom stereocenters. The molecule has 1 rings (SSSR count). The van der Waals surface area contributed by atoms with Crippen molar-refractivity contribution in [3.63, 3.8) is 0 Å². The van der Waals surface area contributed by atoms with Crippen LogP contribution in [0.5, 0.6) is 0 Å². The van der Waals surface area contributed by atoms with Crippen molar-refractivity contribution in [1.29, 1.82) is 0 Å². The van der Waals surface area contributed by atoms with Gasteiger partial charge in [-0.25, -0.2) is 9.59 Å². The van der Waals surface area contributed by atoms with Gasteiger partial charge in [-0.3, -0.25) is 0 Å². The van der Waals surface area contributed by atoms with E-state index < -0.39 is 29.1 Å². The monoisotopic (exact) mass is 257 g/mol. The van der Waals surface area contributed by atoms with Gasteiger partial charge in [0.05, 0.1) is 0 Å². The molecule has 0 aromatic carbocycles. The lowest BCUT2D eigenvalue weighted by Gasteiger charge is -2.29. The highest BCUT2D eigenvalue weighted by Crippen LogP contribution is 2.36. The topological polar surface area (TPSA) is 64.6 Å². The molecule has 5 heteroatoms. The molecule has 0 radical (unpaired) electrons. The molecule has 1 aliphatic heterocycles. The normalized spacial score (nSPS) is 26.7. The predicted octanol–water partition coefficient (Wildman–Crippen LogP) is 2.24. The second-order valence-electron chi connectivity index (χ2n) is 6.23. The fourth-order valence-corrected chi connectivity index (χ4v) is 2.13. The van der Waals surface area contributed by atoms with Crippen molar-refractivity contribution in [2.24, 2.45) is 5.41 Å². The van der Waals surface area contributed by atoms with Crippen molar-refractivity contribution >= 4 is 12.1 Å². The van der Waals surface area contributed by atoms with Gasteiger partial charge in [-0.1, -0.05) is 20.8 Å². The summed E-state index contributed by atoms with van der Waals surface area (Å²) in [5.41, 5.74) is -1.01. The van der Waals surface area contributed by atoms with E-state index in [1.165, 1.54) is 0 Å². The van der Waals surface area contributed by atoms with Crippen molar-refractivity contribution in [2.75, 3.05) is 0 Å². The fraction of sp³-hybridized carbons (Fsp3) is 0.846. The Bertz CT molecular complexity index is 343. The number of rotatable bonds is 2. The maximum absolute atomic E-state index is 11.8. The molecule has 104 valence electrons. The summed E-state index contributed by atoms with van der Waals surface area (Å²) < 4.78 is 10.4. The number of nitrogens with one attached hydrogen (secondary N) is 1. The molecule has 18 heavy (non-hydrogen) atoms. The lowest BCUT2D eigenvalue weighted by atomic mass is 9.80. The standard InChI is InChI=1S/C13H23NO4/c1-7-8-13(5,6)9(10(15)17-8)14-11(16)18-12(2,3)4/h8-9H,7H2,1-6H3,(H,14,16). The Kier molecular flexibility index (Phi) is 3.93. The first-order valence-electron chi connectivity index (χ1n) is 6.28. The molecule has 1 saturated heterocycles. The van der Waals surface area contributed by atoms with Gasteiger partial charge in [-0.15, -0.1) is 0 Å². The van der Waals surface area contributed by atoms with Crippen LogP contribution in [0.15, 0.2) is 0 Å². The van der Waals surface area contributed by atoms with Crippen LogP contribution in [0.25, 0.3) is 0 Å². The Hall–Kier alpha value is -1.26. The Morgan fingerprint density at radius 1 is 1.44 bits per heavy atom. The van der Waals surface area contributed by atoms with Gasteiger partial charge in [0.1, 0.15) is 17.7 Å². The predicted molar refractivity (Wildman–Crippen MR) is 67.1 cm³/mol. The highest BCUT2D eigenvalue weighted by atomic mass is 16.6. The molecular formula is C13H23NO4. The zero-order valence-corrected chi connectivity index (χ0v) is 12.0. The third-order valence-electron chi connectivity index (χ3n) is 3.10. The molecule has 5 nitrogen and oxygen atoms in total. The van der Waals surface area contributed by atoms with E-state index in [2.05, 4.69) is 5.32 Å². The number of carbonyl (C=O) groups is 2. The molecule has 1 aliphatic rings. The number of cyclic esters (lactones) is 1. The number of ether oxygens (including phenoxy) is 2. The first-order chi connectivity index (χ1) is 8.08. The van der Waals surface area contributed by atoms with Crippen molar-refractivity contribution in [1.82, 2.24) is 5.32 Å².